The van der Waals surface area contributed by atoms with E-state index in [9.17, 15) is 29.4 Å². The van der Waals surface area contributed by atoms with E-state index in [-0.39, 0.29) is 17.3 Å². The van der Waals surface area contributed by atoms with Crippen LogP contribution in [-0.4, -0.2) is 63.3 Å². The number of fused-ring (bicyclic) bond motifs is 1. The number of aliphatic carboxylic acids is 2. The molecule has 46 heavy (non-hydrogen) atoms. The fraction of sp³-hybridized carbons (Fsp3) is 0.229. The number of amides is 2. The number of benzene rings is 4. The van der Waals surface area contributed by atoms with Crippen molar-refractivity contribution in [3.8, 4) is 0 Å². The molecule has 238 valence electrons. The van der Waals surface area contributed by atoms with Crippen LogP contribution in [0.5, 0.6) is 0 Å². The minimum absolute atomic E-state index is 0.157. The van der Waals surface area contributed by atoms with E-state index in [1.807, 2.05) is 42.5 Å². The molecule has 1 aliphatic rings. The maximum atomic E-state index is 12.7. The summed E-state index contributed by atoms with van der Waals surface area (Å²) >= 11 is 0. The Labute approximate surface area is 266 Å². The van der Waals surface area contributed by atoms with Crippen LogP contribution < -0.4 is 16.4 Å². The number of nitrogens with two attached hydrogens (primary N) is 1. The summed E-state index contributed by atoms with van der Waals surface area (Å²) < 4.78 is 0. The molecule has 0 bridgehead atoms. The number of carboxylic acid groups (broad SMARTS) is 2. The summed E-state index contributed by atoms with van der Waals surface area (Å²) in [5.41, 5.74) is 7.37. The number of carboxylic acids is 2. The summed E-state index contributed by atoms with van der Waals surface area (Å²) in [5.74, 6) is -2.93. The second kappa shape index (κ2) is 15.3. The molecule has 4 aromatic carbocycles. The minimum atomic E-state index is -1.15. The van der Waals surface area contributed by atoms with Gasteiger partial charge in [0.15, 0.2) is 6.04 Å². The summed E-state index contributed by atoms with van der Waals surface area (Å²) in [7, 11) is 0. The van der Waals surface area contributed by atoms with Gasteiger partial charge in [-0.05, 0) is 66.8 Å². The lowest BCUT2D eigenvalue weighted by atomic mass is 10.0. The second-order valence-corrected chi connectivity index (χ2v) is 11.0. The first kappa shape index (κ1) is 33.2. The zero-order valence-electron chi connectivity index (χ0n) is 25.4. The Bertz CT molecular complexity index is 1730. The number of piperidine rings is 1. The first-order valence-corrected chi connectivity index (χ1v) is 14.9. The normalized spacial score (nSPS) is 15.4. The van der Waals surface area contributed by atoms with E-state index >= 15 is 0 Å². The van der Waals surface area contributed by atoms with Gasteiger partial charge in [-0.25, -0.2) is 9.59 Å². The number of likely N-dealkylation sites (tertiary alicyclic amines) is 1. The average molecular weight is 624 g/mol. The summed E-state index contributed by atoms with van der Waals surface area (Å²) in [6.07, 6.45) is 2.25. The van der Waals surface area contributed by atoms with E-state index < -0.39 is 36.0 Å². The predicted octanol–water partition coefficient (Wildman–Crippen LogP) is 4.63. The Hall–Kier alpha value is -5.71. The number of hydrogen-bond acceptors (Lipinski definition) is 6. The SMILES string of the molecule is C[C@@H](Nc1ccc2ccccc2c1)C(=O)N1CCCC[C@@H]1C(=O)O.N=C(N)c1cccc(C(=O)N[C@@H](C(=O)O)c2ccccc2)c1. The number of nitrogens with one attached hydrogen (secondary N) is 3. The van der Waals surface area contributed by atoms with Gasteiger partial charge in [-0.1, -0.05) is 72.8 Å². The molecule has 5 rings (SSSR count). The highest BCUT2D eigenvalue weighted by Gasteiger charge is 2.34. The van der Waals surface area contributed by atoms with Gasteiger partial charge in [-0.2, -0.15) is 0 Å². The van der Waals surface area contributed by atoms with Gasteiger partial charge in [0, 0.05) is 23.4 Å². The molecule has 1 fully saturated rings. The Morgan fingerprint density at radius 2 is 1.52 bits per heavy atom. The van der Waals surface area contributed by atoms with Gasteiger partial charge in [-0.15, -0.1) is 0 Å². The lowest BCUT2D eigenvalue weighted by Crippen LogP contribution is -2.52. The molecule has 0 unspecified atom stereocenters. The highest BCUT2D eigenvalue weighted by atomic mass is 16.4. The molecule has 0 aliphatic carbocycles. The highest BCUT2D eigenvalue weighted by Crippen LogP contribution is 2.22. The Balaban J connectivity index is 0.000000210. The fourth-order valence-corrected chi connectivity index (χ4v) is 5.27. The fourth-order valence-electron chi connectivity index (χ4n) is 5.27. The van der Waals surface area contributed by atoms with Crippen molar-refractivity contribution in [3.63, 3.8) is 0 Å². The number of nitrogens with zero attached hydrogens (tertiary/aromatic N) is 1. The van der Waals surface area contributed by atoms with Gasteiger partial charge in [-0.3, -0.25) is 15.0 Å². The quantitative estimate of drug-likeness (QED) is 0.115. The van der Waals surface area contributed by atoms with Crippen LogP contribution in [0, 0.1) is 5.41 Å². The van der Waals surface area contributed by atoms with Crippen LogP contribution in [0.15, 0.2) is 97.1 Å². The molecule has 2 amide bonds. The van der Waals surface area contributed by atoms with E-state index in [0.717, 1.165) is 29.3 Å². The van der Waals surface area contributed by atoms with E-state index in [4.69, 9.17) is 11.1 Å². The van der Waals surface area contributed by atoms with Crippen LogP contribution in [0.4, 0.5) is 5.69 Å². The second-order valence-electron chi connectivity index (χ2n) is 11.0. The zero-order chi connectivity index (χ0) is 33.2. The molecule has 7 N–H and O–H groups in total. The van der Waals surface area contributed by atoms with Gasteiger partial charge in [0.05, 0.1) is 0 Å². The van der Waals surface area contributed by atoms with E-state index in [1.54, 1.807) is 49.4 Å². The van der Waals surface area contributed by atoms with E-state index in [0.29, 0.717) is 24.1 Å². The van der Waals surface area contributed by atoms with Gasteiger partial charge in [0.1, 0.15) is 17.9 Å². The lowest BCUT2D eigenvalue weighted by Gasteiger charge is -2.35. The molecule has 0 spiro atoms. The van der Waals surface area contributed by atoms with Crippen molar-refractivity contribution in [3.05, 3.63) is 114 Å². The van der Waals surface area contributed by atoms with Crippen LogP contribution in [0.2, 0.25) is 0 Å². The van der Waals surface area contributed by atoms with E-state index in [2.05, 4.69) is 10.6 Å². The van der Waals surface area contributed by atoms with Crippen molar-refractivity contribution in [1.82, 2.24) is 10.2 Å². The number of amidine groups is 1. The van der Waals surface area contributed by atoms with Gasteiger partial charge < -0.3 is 31.5 Å². The maximum absolute atomic E-state index is 12.7. The Morgan fingerprint density at radius 1 is 0.848 bits per heavy atom. The van der Waals surface area contributed by atoms with Crippen LogP contribution >= 0.6 is 0 Å². The van der Waals surface area contributed by atoms with Crippen molar-refractivity contribution in [2.75, 3.05) is 11.9 Å². The van der Waals surface area contributed by atoms with Crippen molar-refractivity contribution >= 4 is 46.0 Å². The number of carbonyl (C=O) groups excluding carboxylic acids is 2. The van der Waals surface area contributed by atoms with Crippen molar-refractivity contribution in [2.24, 2.45) is 5.73 Å². The smallest absolute Gasteiger partial charge is 0.330 e. The molecule has 1 saturated heterocycles. The first-order chi connectivity index (χ1) is 22.0. The third kappa shape index (κ3) is 8.47. The van der Waals surface area contributed by atoms with E-state index in [1.165, 1.54) is 17.0 Å². The van der Waals surface area contributed by atoms with Crippen molar-refractivity contribution in [2.45, 2.75) is 44.3 Å². The molecule has 1 aliphatic heterocycles. The largest absolute Gasteiger partial charge is 0.480 e. The molecule has 1 heterocycles. The molecule has 3 atom stereocenters. The lowest BCUT2D eigenvalue weighted by molar-refractivity contribution is -0.152. The van der Waals surface area contributed by atoms with Crippen molar-refractivity contribution in [1.29, 1.82) is 5.41 Å². The highest BCUT2D eigenvalue weighted by molar-refractivity contribution is 6.01. The molecular formula is C35H37N5O6. The standard InChI is InChI=1S/C19H22N2O3.C16H15N3O3/c1-13(18(22)21-11-5-4-8-17(21)19(23)24)20-16-10-9-14-6-2-3-7-15(14)12-16;17-14(18)11-7-4-8-12(9-11)15(20)19-13(16(21)22)10-5-2-1-3-6-10/h2-3,6-7,9-10,12-13,17,20H,4-5,8,11H2,1H3,(H,23,24);1-9,13H,(H3,17,18)(H,19,20)(H,21,22)/t13-,17-;13-/m11/s1. The van der Waals surface area contributed by atoms with Gasteiger partial charge >= 0.3 is 11.9 Å². The van der Waals surface area contributed by atoms with Crippen LogP contribution in [0.1, 0.15) is 53.7 Å². The number of nitrogen functional groups attached to an aromatic ring is 1. The van der Waals surface area contributed by atoms with Gasteiger partial charge in [0.2, 0.25) is 5.91 Å². The van der Waals surface area contributed by atoms with Crippen LogP contribution in [0.3, 0.4) is 0 Å². The topological polar surface area (TPSA) is 186 Å². The monoisotopic (exact) mass is 623 g/mol. The molecule has 4 aromatic rings. The average Bonchev–Trinajstić information content (AvgIpc) is 3.07. The number of rotatable bonds is 9. The predicted molar refractivity (Wildman–Crippen MR) is 176 cm³/mol. The van der Waals surface area contributed by atoms with Crippen molar-refractivity contribution < 1.29 is 29.4 Å². The molecular weight excluding hydrogens is 586 g/mol. The Kier molecular flexibility index (Phi) is 11.1. The molecule has 11 nitrogen and oxygen atoms in total. The number of carbonyl (C=O) groups is 4. The summed E-state index contributed by atoms with van der Waals surface area (Å²) in [4.78, 5) is 49.2. The van der Waals surface area contributed by atoms with Crippen LogP contribution in [0.25, 0.3) is 10.8 Å². The molecule has 11 heteroatoms. The Morgan fingerprint density at radius 3 is 2.20 bits per heavy atom. The molecule has 0 radical (unpaired) electrons. The third-order valence-corrected chi connectivity index (χ3v) is 7.67. The maximum Gasteiger partial charge on any atom is 0.330 e. The molecule has 0 saturated carbocycles. The van der Waals surface area contributed by atoms with Gasteiger partial charge in [0.25, 0.3) is 5.91 Å². The number of hydrogen-bond donors (Lipinski definition) is 6. The molecule has 0 aromatic heterocycles. The minimum Gasteiger partial charge on any atom is -0.480 e. The summed E-state index contributed by atoms with van der Waals surface area (Å²) in [6.45, 7) is 2.30. The summed E-state index contributed by atoms with van der Waals surface area (Å²) in [5, 5.41) is 33.9. The third-order valence-electron chi connectivity index (χ3n) is 7.67. The number of anilines is 1. The zero-order valence-corrected chi connectivity index (χ0v) is 25.4. The van der Waals surface area contributed by atoms with Crippen LogP contribution in [-0.2, 0) is 14.4 Å². The summed E-state index contributed by atoms with van der Waals surface area (Å²) in [6, 6.07) is 26.3. The first-order valence-electron chi connectivity index (χ1n) is 14.9.